The number of nitrogens with zero attached hydrogens (tertiary/aromatic N) is 2. The van der Waals surface area contributed by atoms with E-state index >= 15 is 0 Å². The van der Waals surface area contributed by atoms with Crippen molar-refractivity contribution in [1.29, 1.82) is 0 Å². The number of pyridine rings is 1. The van der Waals surface area contributed by atoms with Crippen LogP contribution in [0.4, 0.5) is 0 Å². The van der Waals surface area contributed by atoms with Crippen LogP contribution in [0.2, 0.25) is 0 Å². The fraction of sp³-hybridized carbons (Fsp3) is 0.571. The number of carbonyl (C=O) groups excluding carboxylic acids is 1. The normalized spacial score (nSPS) is 10.7. The standard InChI is InChI=1S/C14H22N2O2/c1-5-16(14(17)10-18-11(2)3)9-13-8-6-7-12(4)15-13/h6-8,11H,5,9-10H2,1-4H3. The van der Waals surface area contributed by atoms with Crippen molar-refractivity contribution in [2.45, 2.75) is 40.3 Å². The van der Waals surface area contributed by atoms with E-state index in [1.54, 1.807) is 4.90 Å². The average molecular weight is 250 g/mol. The lowest BCUT2D eigenvalue weighted by Crippen LogP contribution is -2.34. The summed E-state index contributed by atoms with van der Waals surface area (Å²) in [7, 11) is 0. The summed E-state index contributed by atoms with van der Waals surface area (Å²) < 4.78 is 5.34. The molecule has 1 aromatic heterocycles. The molecular weight excluding hydrogens is 228 g/mol. The summed E-state index contributed by atoms with van der Waals surface area (Å²) in [6, 6.07) is 5.84. The zero-order valence-electron chi connectivity index (χ0n) is 11.6. The predicted octanol–water partition coefficient (Wildman–Crippen LogP) is 2.16. The molecule has 0 N–H and O–H groups in total. The first kappa shape index (κ1) is 14.6. The second kappa shape index (κ2) is 7.11. The first-order valence-corrected chi connectivity index (χ1v) is 6.34. The fourth-order valence-electron chi connectivity index (χ4n) is 1.59. The van der Waals surface area contributed by atoms with Gasteiger partial charge in [0.1, 0.15) is 6.61 Å². The first-order valence-electron chi connectivity index (χ1n) is 6.34. The Labute approximate surface area is 109 Å². The minimum Gasteiger partial charge on any atom is -0.369 e. The molecule has 0 atom stereocenters. The molecule has 0 unspecified atom stereocenters. The van der Waals surface area contributed by atoms with E-state index < -0.39 is 0 Å². The molecule has 0 saturated heterocycles. The zero-order chi connectivity index (χ0) is 13.5. The van der Waals surface area contributed by atoms with Crippen LogP contribution in [0.3, 0.4) is 0 Å². The van der Waals surface area contributed by atoms with Crippen molar-refractivity contribution in [3.8, 4) is 0 Å². The third-order valence-corrected chi connectivity index (χ3v) is 2.57. The number of rotatable bonds is 6. The number of aromatic nitrogens is 1. The van der Waals surface area contributed by atoms with Gasteiger partial charge in [-0.05, 0) is 39.8 Å². The molecule has 1 heterocycles. The van der Waals surface area contributed by atoms with Crippen molar-refractivity contribution in [1.82, 2.24) is 9.88 Å². The second-order valence-electron chi connectivity index (χ2n) is 4.54. The molecule has 0 spiro atoms. The molecule has 0 aliphatic rings. The zero-order valence-corrected chi connectivity index (χ0v) is 11.6. The van der Waals surface area contributed by atoms with Gasteiger partial charge in [-0.15, -0.1) is 0 Å². The van der Waals surface area contributed by atoms with Gasteiger partial charge in [-0.25, -0.2) is 0 Å². The lowest BCUT2D eigenvalue weighted by atomic mass is 10.3. The van der Waals surface area contributed by atoms with Gasteiger partial charge < -0.3 is 9.64 Å². The van der Waals surface area contributed by atoms with Crippen molar-refractivity contribution in [2.24, 2.45) is 0 Å². The van der Waals surface area contributed by atoms with Crippen LogP contribution in [-0.4, -0.2) is 35.0 Å². The Morgan fingerprint density at radius 2 is 2.17 bits per heavy atom. The van der Waals surface area contributed by atoms with Gasteiger partial charge in [-0.3, -0.25) is 9.78 Å². The van der Waals surface area contributed by atoms with Crippen molar-refractivity contribution < 1.29 is 9.53 Å². The van der Waals surface area contributed by atoms with Crippen LogP contribution in [0, 0.1) is 6.92 Å². The van der Waals surface area contributed by atoms with E-state index in [9.17, 15) is 4.79 Å². The van der Waals surface area contributed by atoms with Crippen LogP contribution in [0.5, 0.6) is 0 Å². The number of amides is 1. The molecule has 0 radical (unpaired) electrons. The highest BCUT2D eigenvalue weighted by atomic mass is 16.5. The third-order valence-electron chi connectivity index (χ3n) is 2.57. The molecule has 1 rings (SSSR count). The molecule has 100 valence electrons. The summed E-state index contributed by atoms with van der Waals surface area (Å²) in [6.45, 7) is 9.09. The van der Waals surface area contributed by atoms with Gasteiger partial charge in [-0.2, -0.15) is 0 Å². The molecule has 1 amide bonds. The van der Waals surface area contributed by atoms with Gasteiger partial charge in [-0.1, -0.05) is 6.07 Å². The van der Waals surface area contributed by atoms with Crippen molar-refractivity contribution in [3.63, 3.8) is 0 Å². The van der Waals surface area contributed by atoms with E-state index in [0.29, 0.717) is 13.1 Å². The lowest BCUT2D eigenvalue weighted by Gasteiger charge is -2.21. The maximum atomic E-state index is 11.9. The maximum absolute atomic E-state index is 11.9. The molecule has 1 aromatic rings. The van der Waals surface area contributed by atoms with Gasteiger partial charge in [0, 0.05) is 12.2 Å². The largest absolute Gasteiger partial charge is 0.369 e. The van der Waals surface area contributed by atoms with Gasteiger partial charge in [0.05, 0.1) is 18.3 Å². The topological polar surface area (TPSA) is 42.4 Å². The number of aryl methyl sites for hydroxylation is 1. The summed E-state index contributed by atoms with van der Waals surface area (Å²) in [5.41, 5.74) is 1.88. The summed E-state index contributed by atoms with van der Waals surface area (Å²) in [6.07, 6.45) is 0.0738. The van der Waals surface area contributed by atoms with Crippen molar-refractivity contribution in [3.05, 3.63) is 29.6 Å². The van der Waals surface area contributed by atoms with Crippen LogP contribution in [0.25, 0.3) is 0 Å². The highest BCUT2D eigenvalue weighted by molar-refractivity contribution is 5.77. The number of hydrogen-bond donors (Lipinski definition) is 0. The number of likely N-dealkylation sites (N-methyl/N-ethyl adjacent to an activating group) is 1. The van der Waals surface area contributed by atoms with Crippen LogP contribution in [-0.2, 0) is 16.1 Å². The predicted molar refractivity (Wildman–Crippen MR) is 71.2 cm³/mol. The Morgan fingerprint density at radius 3 is 2.72 bits per heavy atom. The highest BCUT2D eigenvalue weighted by Crippen LogP contribution is 2.04. The molecule has 4 nitrogen and oxygen atoms in total. The second-order valence-corrected chi connectivity index (χ2v) is 4.54. The molecule has 0 aromatic carbocycles. The Kier molecular flexibility index (Phi) is 5.78. The lowest BCUT2D eigenvalue weighted by molar-refractivity contribution is -0.138. The summed E-state index contributed by atoms with van der Waals surface area (Å²) in [5.74, 6) is 0.00880. The van der Waals surface area contributed by atoms with Crippen LogP contribution < -0.4 is 0 Å². The summed E-state index contributed by atoms with van der Waals surface area (Å²) in [5, 5.41) is 0. The summed E-state index contributed by atoms with van der Waals surface area (Å²) in [4.78, 5) is 18.1. The molecule has 0 bridgehead atoms. The quantitative estimate of drug-likeness (QED) is 0.777. The molecule has 0 fully saturated rings. The monoisotopic (exact) mass is 250 g/mol. The fourth-order valence-corrected chi connectivity index (χ4v) is 1.59. The SMILES string of the molecule is CCN(Cc1cccc(C)n1)C(=O)COC(C)C. The average Bonchev–Trinajstić information content (AvgIpc) is 2.33. The minimum absolute atomic E-state index is 0.00880. The van der Waals surface area contributed by atoms with Crippen LogP contribution >= 0.6 is 0 Å². The van der Waals surface area contributed by atoms with E-state index in [4.69, 9.17) is 4.74 Å². The van der Waals surface area contributed by atoms with E-state index in [0.717, 1.165) is 11.4 Å². The van der Waals surface area contributed by atoms with Gasteiger partial charge in [0.15, 0.2) is 0 Å². The highest BCUT2D eigenvalue weighted by Gasteiger charge is 2.13. The third kappa shape index (κ3) is 4.84. The number of ether oxygens (including phenoxy) is 1. The van der Waals surface area contributed by atoms with E-state index in [-0.39, 0.29) is 18.6 Å². The van der Waals surface area contributed by atoms with Gasteiger partial charge in [0.2, 0.25) is 5.91 Å². The van der Waals surface area contributed by atoms with E-state index in [1.807, 2.05) is 45.9 Å². The first-order chi connectivity index (χ1) is 8.52. The molecular formula is C14H22N2O2. The molecule has 0 aliphatic heterocycles. The number of carbonyl (C=O) groups is 1. The smallest absolute Gasteiger partial charge is 0.248 e. The van der Waals surface area contributed by atoms with Gasteiger partial charge in [0.25, 0.3) is 0 Å². The Morgan fingerprint density at radius 1 is 1.44 bits per heavy atom. The van der Waals surface area contributed by atoms with E-state index in [2.05, 4.69) is 4.98 Å². The van der Waals surface area contributed by atoms with Crippen LogP contribution in [0.15, 0.2) is 18.2 Å². The minimum atomic E-state index is 0.00880. The molecule has 4 heteroatoms. The van der Waals surface area contributed by atoms with E-state index in [1.165, 1.54) is 0 Å². The Hall–Kier alpha value is -1.42. The molecule has 0 saturated carbocycles. The Balaban J connectivity index is 2.58. The Bertz CT molecular complexity index is 391. The molecule has 18 heavy (non-hydrogen) atoms. The van der Waals surface area contributed by atoms with Crippen LogP contribution in [0.1, 0.15) is 32.2 Å². The van der Waals surface area contributed by atoms with Crippen molar-refractivity contribution in [2.75, 3.05) is 13.2 Å². The number of hydrogen-bond acceptors (Lipinski definition) is 3. The maximum Gasteiger partial charge on any atom is 0.248 e. The molecule has 0 aliphatic carbocycles. The van der Waals surface area contributed by atoms with Gasteiger partial charge >= 0.3 is 0 Å². The van der Waals surface area contributed by atoms with Crippen molar-refractivity contribution >= 4 is 5.91 Å². The summed E-state index contributed by atoms with van der Waals surface area (Å²) >= 11 is 0.